The minimum Gasteiger partial charge on any atom is -0.426 e. The molecule has 1 aromatic heterocycles. The second kappa shape index (κ2) is 4.74. The second-order valence-electron chi connectivity index (χ2n) is 3.45. The minimum absolute atomic E-state index is 0.303. The zero-order valence-electron chi connectivity index (χ0n) is 9.18. The molecular weight excluding hydrogens is 221 g/mol. The molecule has 0 saturated heterocycles. The van der Waals surface area contributed by atoms with Crippen LogP contribution in [0.2, 0.25) is 0 Å². The fourth-order valence-electron chi connectivity index (χ4n) is 1.47. The van der Waals surface area contributed by atoms with E-state index in [1.165, 1.54) is 25.1 Å². The van der Waals surface area contributed by atoms with Gasteiger partial charge in [0.2, 0.25) is 0 Å². The van der Waals surface area contributed by atoms with E-state index in [4.69, 9.17) is 4.74 Å². The minimum atomic E-state index is -0.450. The van der Waals surface area contributed by atoms with Crippen LogP contribution in [0, 0.1) is 5.82 Å². The van der Waals surface area contributed by atoms with Crippen molar-refractivity contribution in [2.75, 3.05) is 0 Å². The summed E-state index contributed by atoms with van der Waals surface area (Å²) in [7, 11) is 0. The summed E-state index contributed by atoms with van der Waals surface area (Å²) >= 11 is 0. The van der Waals surface area contributed by atoms with Crippen molar-refractivity contribution in [3.8, 4) is 17.0 Å². The summed E-state index contributed by atoms with van der Waals surface area (Å²) in [6.45, 7) is 1.30. The molecule has 2 aromatic rings. The van der Waals surface area contributed by atoms with Crippen LogP contribution >= 0.6 is 0 Å². The Hall–Kier alpha value is -2.23. The first-order valence-electron chi connectivity index (χ1n) is 5.06. The Morgan fingerprint density at radius 2 is 2.12 bits per heavy atom. The Balaban J connectivity index is 2.51. The summed E-state index contributed by atoms with van der Waals surface area (Å²) in [6, 6.07) is 9.22. The first-order chi connectivity index (χ1) is 8.16. The largest absolute Gasteiger partial charge is 0.426 e. The van der Waals surface area contributed by atoms with Gasteiger partial charge in [0.1, 0.15) is 11.6 Å². The quantitative estimate of drug-likeness (QED) is 0.589. The fourth-order valence-corrected chi connectivity index (χ4v) is 1.47. The maximum absolute atomic E-state index is 13.2. The van der Waals surface area contributed by atoms with E-state index in [1.807, 2.05) is 0 Å². The third-order valence-electron chi connectivity index (χ3n) is 2.14. The maximum Gasteiger partial charge on any atom is 0.308 e. The molecule has 0 fully saturated rings. The normalized spacial score (nSPS) is 10.0. The summed E-state index contributed by atoms with van der Waals surface area (Å²) in [5.74, 6) is -0.548. The number of esters is 1. The van der Waals surface area contributed by atoms with E-state index in [1.54, 1.807) is 24.4 Å². The van der Waals surface area contributed by atoms with Gasteiger partial charge in [-0.2, -0.15) is 0 Å². The van der Waals surface area contributed by atoms with Crippen LogP contribution in [0.4, 0.5) is 4.39 Å². The molecule has 0 aliphatic rings. The lowest BCUT2D eigenvalue weighted by Crippen LogP contribution is -2.03. The maximum atomic E-state index is 13.2. The second-order valence-corrected chi connectivity index (χ2v) is 3.45. The molecule has 0 amide bonds. The summed E-state index contributed by atoms with van der Waals surface area (Å²) in [4.78, 5) is 15.0. The van der Waals surface area contributed by atoms with E-state index in [0.717, 1.165) is 0 Å². The predicted molar refractivity (Wildman–Crippen MR) is 60.9 cm³/mol. The highest BCUT2D eigenvalue weighted by Crippen LogP contribution is 2.29. The molecule has 2 rings (SSSR count). The molecule has 4 heteroatoms. The molecule has 0 bridgehead atoms. The highest BCUT2D eigenvalue weighted by Gasteiger charge is 2.10. The number of hydrogen-bond donors (Lipinski definition) is 0. The van der Waals surface area contributed by atoms with Gasteiger partial charge in [-0.05, 0) is 30.3 Å². The lowest BCUT2D eigenvalue weighted by Gasteiger charge is -2.08. The number of benzene rings is 1. The van der Waals surface area contributed by atoms with Crippen LogP contribution in [-0.4, -0.2) is 11.0 Å². The molecule has 86 valence electrons. The van der Waals surface area contributed by atoms with Gasteiger partial charge in [-0.15, -0.1) is 0 Å². The van der Waals surface area contributed by atoms with Gasteiger partial charge in [-0.25, -0.2) is 4.39 Å². The van der Waals surface area contributed by atoms with Gasteiger partial charge >= 0.3 is 5.97 Å². The predicted octanol–water partition coefficient (Wildman–Crippen LogP) is 2.81. The van der Waals surface area contributed by atoms with Crippen molar-refractivity contribution in [1.82, 2.24) is 4.98 Å². The van der Waals surface area contributed by atoms with Crippen molar-refractivity contribution in [2.45, 2.75) is 6.92 Å². The Kier molecular flexibility index (Phi) is 3.14. The Bertz CT molecular complexity index is 540. The molecule has 0 spiro atoms. The van der Waals surface area contributed by atoms with Gasteiger partial charge < -0.3 is 4.74 Å². The van der Waals surface area contributed by atoms with Crippen molar-refractivity contribution in [2.24, 2.45) is 0 Å². The van der Waals surface area contributed by atoms with Gasteiger partial charge in [0.25, 0.3) is 0 Å². The average Bonchev–Trinajstić information content (AvgIpc) is 2.32. The van der Waals surface area contributed by atoms with Crippen LogP contribution < -0.4 is 4.74 Å². The van der Waals surface area contributed by atoms with E-state index in [-0.39, 0.29) is 0 Å². The number of carbonyl (C=O) groups is 1. The number of rotatable bonds is 2. The van der Waals surface area contributed by atoms with Crippen LogP contribution in [0.1, 0.15) is 6.92 Å². The molecule has 0 aliphatic carbocycles. The smallest absolute Gasteiger partial charge is 0.308 e. The van der Waals surface area contributed by atoms with Crippen molar-refractivity contribution in [3.63, 3.8) is 0 Å². The number of nitrogens with zero attached hydrogens (tertiary/aromatic N) is 1. The van der Waals surface area contributed by atoms with E-state index in [0.29, 0.717) is 17.0 Å². The molecule has 3 nitrogen and oxygen atoms in total. The molecular formula is C13H10FNO2. The van der Waals surface area contributed by atoms with Crippen molar-refractivity contribution in [1.29, 1.82) is 0 Å². The Labute approximate surface area is 97.9 Å². The standard InChI is InChI=1S/C13H10FNO2/c1-9(16)17-13-6-5-10(14)8-11(13)12-4-2-3-7-15-12/h2-8H,1H3. The molecule has 1 heterocycles. The topological polar surface area (TPSA) is 39.2 Å². The fraction of sp³-hybridized carbons (Fsp3) is 0.0769. The third kappa shape index (κ3) is 2.66. The number of carbonyl (C=O) groups excluding carboxylic acids is 1. The number of ether oxygens (including phenoxy) is 1. The Morgan fingerprint density at radius 1 is 1.29 bits per heavy atom. The molecule has 0 atom stereocenters. The first-order valence-corrected chi connectivity index (χ1v) is 5.06. The summed E-state index contributed by atoms with van der Waals surface area (Å²) < 4.78 is 18.2. The zero-order chi connectivity index (χ0) is 12.3. The first kappa shape index (κ1) is 11.3. The molecule has 17 heavy (non-hydrogen) atoms. The van der Waals surface area contributed by atoms with Crippen molar-refractivity contribution in [3.05, 3.63) is 48.4 Å². The molecule has 0 unspecified atom stereocenters. The monoisotopic (exact) mass is 231 g/mol. The molecule has 1 aromatic carbocycles. The van der Waals surface area contributed by atoms with E-state index in [2.05, 4.69) is 4.98 Å². The van der Waals surface area contributed by atoms with E-state index < -0.39 is 11.8 Å². The third-order valence-corrected chi connectivity index (χ3v) is 2.14. The number of pyridine rings is 1. The Morgan fingerprint density at radius 3 is 2.76 bits per heavy atom. The summed E-state index contributed by atoms with van der Waals surface area (Å²) in [5, 5.41) is 0. The molecule has 0 aliphatic heterocycles. The van der Waals surface area contributed by atoms with E-state index >= 15 is 0 Å². The molecule has 0 N–H and O–H groups in total. The SMILES string of the molecule is CC(=O)Oc1ccc(F)cc1-c1ccccn1. The van der Waals surface area contributed by atoms with Gasteiger partial charge in [-0.1, -0.05) is 6.07 Å². The highest BCUT2D eigenvalue weighted by molar-refractivity contribution is 5.75. The average molecular weight is 231 g/mol. The van der Waals surface area contributed by atoms with E-state index in [9.17, 15) is 9.18 Å². The number of hydrogen-bond acceptors (Lipinski definition) is 3. The van der Waals surface area contributed by atoms with Crippen LogP contribution in [0.5, 0.6) is 5.75 Å². The number of halogens is 1. The number of aromatic nitrogens is 1. The van der Waals surface area contributed by atoms with Gasteiger partial charge in [-0.3, -0.25) is 9.78 Å². The molecule has 0 radical (unpaired) electrons. The van der Waals surface area contributed by atoms with Crippen LogP contribution in [0.3, 0.4) is 0 Å². The van der Waals surface area contributed by atoms with Gasteiger partial charge in [0.05, 0.1) is 5.69 Å². The van der Waals surface area contributed by atoms with Crippen molar-refractivity contribution >= 4 is 5.97 Å². The van der Waals surface area contributed by atoms with Gasteiger partial charge in [0, 0.05) is 18.7 Å². The van der Waals surface area contributed by atoms with Crippen LogP contribution in [-0.2, 0) is 4.79 Å². The lowest BCUT2D eigenvalue weighted by atomic mass is 10.1. The summed E-state index contributed by atoms with van der Waals surface area (Å²) in [6.07, 6.45) is 1.60. The van der Waals surface area contributed by atoms with Crippen molar-refractivity contribution < 1.29 is 13.9 Å². The molecule has 0 saturated carbocycles. The van der Waals surface area contributed by atoms with Crippen LogP contribution in [0.25, 0.3) is 11.3 Å². The summed E-state index contributed by atoms with van der Waals surface area (Å²) in [5.41, 5.74) is 1.02. The van der Waals surface area contributed by atoms with Crippen LogP contribution in [0.15, 0.2) is 42.6 Å². The highest BCUT2D eigenvalue weighted by atomic mass is 19.1. The van der Waals surface area contributed by atoms with Gasteiger partial charge in [0.15, 0.2) is 0 Å². The lowest BCUT2D eigenvalue weighted by molar-refractivity contribution is -0.131. The zero-order valence-corrected chi connectivity index (χ0v) is 9.18.